The van der Waals surface area contributed by atoms with Crippen molar-refractivity contribution in [3.63, 3.8) is 0 Å². The summed E-state index contributed by atoms with van der Waals surface area (Å²) in [5.74, 6) is 0.611. The van der Waals surface area contributed by atoms with E-state index in [9.17, 15) is 4.79 Å². The summed E-state index contributed by atoms with van der Waals surface area (Å²) >= 11 is 0. The number of amides is 1. The van der Waals surface area contributed by atoms with Gasteiger partial charge in [0.1, 0.15) is 11.5 Å². The number of anilines is 2. The maximum Gasteiger partial charge on any atom is 0.274 e. The van der Waals surface area contributed by atoms with E-state index in [4.69, 9.17) is 4.74 Å². The molecule has 1 N–H and O–H groups in total. The van der Waals surface area contributed by atoms with Crippen molar-refractivity contribution in [2.75, 3.05) is 36.5 Å². The van der Waals surface area contributed by atoms with Crippen LogP contribution in [0.5, 0.6) is 0 Å². The maximum absolute atomic E-state index is 12.7. The standard InChI is InChI=1S/C20H19N3O2/c24-20(22-17-8-3-6-15-5-1-2-7-16(15)17)18-9-4-10-19(21-18)23-11-13-25-14-12-23/h1-10H,11-14H2,(H,22,24). The number of rotatable bonds is 3. The molecule has 0 unspecified atom stereocenters. The first-order valence-corrected chi connectivity index (χ1v) is 8.40. The molecule has 0 saturated carbocycles. The van der Waals surface area contributed by atoms with Crippen molar-refractivity contribution in [1.29, 1.82) is 0 Å². The van der Waals surface area contributed by atoms with Crippen LogP contribution in [-0.4, -0.2) is 37.2 Å². The third-order valence-corrected chi connectivity index (χ3v) is 4.34. The fraction of sp³-hybridized carbons (Fsp3) is 0.200. The van der Waals surface area contributed by atoms with Crippen LogP contribution < -0.4 is 10.2 Å². The van der Waals surface area contributed by atoms with Crippen molar-refractivity contribution in [1.82, 2.24) is 4.98 Å². The predicted molar refractivity (Wildman–Crippen MR) is 99.2 cm³/mol. The lowest BCUT2D eigenvalue weighted by atomic mass is 10.1. The molecule has 0 spiro atoms. The van der Waals surface area contributed by atoms with Crippen LogP contribution >= 0.6 is 0 Å². The minimum Gasteiger partial charge on any atom is -0.378 e. The van der Waals surface area contributed by atoms with Gasteiger partial charge in [-0.15, -0.1) is 0 Å². The smallest absolute Gasteiger partial charge is 0.274 e. The number of nitrogens with zero attached hydrogens (tertiary/aromatic N) is 2. The van der Waals surface area contributed by atoms with Crippen LogP contribution in [0.25, 0.3) is 10.8 Å². The second kappa shape index (κ2) is 6.91. The van der Waals surface area contributed by atoms with E-state index in [2.05, 4.69) is 15.2 Å². The first-order chi connectivity index (χ1) is 12.3. The molecule has 2 aromatic carbocycles. The minimum absolute atomic E-state index is 0.202. The highest BCUT2D eigenvalue weighted by Gasteiger charge is 2.15. The highest BCUT2D eigenvalue weighted by Crippen LogP contribution is 2.23. The van der Waals surface area contributed by atoms with E-state index in [1.165, 1.54) is 0 Å². The second-order valence-electron chi connectivity index (χ2n) is 5.96. The molecular weight excluding hydrogens is 314 g/mol. The van der Waals surface area contributed by atoms with Crippen LogP contribution in [0, 0.1) is 0 Å². The van der Waals surface area contributed by atoms with Gasteiger partial charge in [-0.3, -0.25) is 4.79 Å². The largest absolute Gasteiger partial charge is 0.378 e. The van der Waals surface area contributed by atoms with Gasteiger partial charge in [0.15, 0.2) is 0 Å². The van der Waals surface area contributed by atoms with Crippen LogP contribution in [-0.2, 0) is 4.74 Å². The summed E-state index contributed by atoms with van der Waals surface area (Å²) in [6.45, 7) is 2.96. The Morgan fingerprint density at radius 1 is 0.960 bits per heavy atom. The van der Waals surface area contributed by atoms with Gasteiger partial charge in [-0.1, -0.05) is 42.5 Å². The molecule has 0 bridgehead atoms. The number of carbonyl (C=O) groups is 1. The first kappa shape index (κ1) is 15.6. The minimum atomic E-state index is -0.202. The fourth-order valence-electron chi connectivity index (χ4n) is 3.04. The normalized spacial score (nSPS) is 14.5. The molecule has 5 heteroatoms. The molecule has 1 aliphatic heterocycles. The number of fused-ring (bicyclic) bond motifs is 1. The molecule has 4 rings (SSSR count). The van der Waals surface area contributed by atoms with Crippen LogP contribution in [0.1, 0.15) is 10.5 Å². The van der Waals surface area contributed by atoms with Crippen LogP contribution in [0.3, 0.4) is 0 Å². The van der Waals surface area contributed by atoms with Gasteiger partial charge in [-0.2, -0.15) is 0 Å². The lowest BCUT2D eigenvalue weighted by molar-refractivity contribution is 0.102. The third kappa shape index (κ3) is 3.32. The topological polar surface area (TPSA) is 54.5 Å². The molecule has 5 nitrogen and oxygen atoms in total. The Hall–Kier alpha value is -2.92. The average Bonchev–Trinajstić information content (AvgIpc) is 2.69. The van der Waals surface area contributed by atoms with Crippen LogP contribution in [0.15, 0.2) is 60.7 Å². The Bertz CT molecular complexity index is 899. The second-order valence-corrected chi connectivity index (χ2v) is 5.96. The Morgan fingerprint density at radius 3 is 2.60 bits per heavy atom. The third-order valence-electron chi connectivity index (χ3n) is 4.34. The molecule has 3 aromatic rings. The molecule has 1 fully saturated rings. The number of hydrogen-bond acceptors (Lipinski definition) is 4. The quantitative estimate of drug-likeness (QED) is 0.799. The van der Waals surface area contributed by atoms with Gasteiger partial charge < -0.3 is 15.0 Å². The lowest BCUT2D eigenvalue weighted by Gasteiger charge is -2.27. The number of hydrogen-bond donors (Lipinski definition) is 1. The molecule has 1 amide bonds. The number of aromatic nitrogens is 1. The van der Waals surface area contributed by atoms with E-state index in [0.717, 1.165) is 35.4 Å². The van der Waals surface area contributed by atoms with E-state index in [1.807, 2.05) is 54.6 Å². The van der Waals surface area contributed by atoms with Crippen molar-refractivity contribution in [3.8, 4) is 0 Å². The zero-order chi connectivity index (χ0) is 17.1. The Labute approximate surface area is 146 Å². The van der Waals surface area contributed by atoms with Gasteiger partial charge in [0.2, 0.25) is 0 Å². The van der Waals surface area contributed by atoms with E-state index < -0.39 is 0 Å². The molecule has 126 valence electrons. The average molecular weight is 333 g/mol. The summed E-state index contributed by atoms with van der Waals surface area (Å²) in [6.07, 6.45) is 0. The number of nitrogens with one attached hydrogen (secondary N) is 1. The molecule has 1 aliphatic rings. The molecule has 1 saturated heterocycles. The number of morpholine rings is 1. The first-order valence-electron chi connectivity index (χ1n) is 8.40. The van der Waals surface area contributed by atoms with Crippen molar-refractivity contribution in [3.05, 3.63) is 66.4 Å². The van der Waals surface area contributed by atoms with Crippen molar-refractivity contribution in [2.45, 2.75) is 0 Å². The SMILES string of the molecule is O=C(Nc1cccc2ccccc12)c1cccc(N2CCOCC2)n1. The highest BCUT2D eigenvalue weighted by molar-refractivity contribution is 6.08. The number of carbonyl (C=O) groups excluding carboxylic acids is 1. The molecule has 0 aliphatic carbocycles. The monoisotopic (exact) mass is 333 g/mol. The number of pyridine rings is 1. The highest BCUT2D eigenvalue weighted by atomic mass is 16.5. The Balaban J connectivity index is 1.58. The molecule has 0 atom stereocenters. The van der Waals surface area contributed by atoms with E-state index in [0.29, 0.717) is 18.9 Å². The zero-order valence-corrected chi connectivity index (χ0v) is 13.8. The maximum atomic E-state index is 12.7. The molecule has 25 heavy (non-hydrogen) atoms. The summed E-state index contributed by atoms with van der Waals surface area (Å²) in [5.41, 5.74) is 1.21. The van der Waals surface area contributed by atoms with Gasteiger partial charge in [0, 0.05) is 24.2 Å². The van der Waals surface area contributed by atoms with E-state index in [1.54, 1.807) is 6.07 Å². The molecule has 1 aromatic heterocycles. The van der Waals surface area contributed by atoms with Gasteiger partial charge in [0.05, 0.1) is 13.2 Å². The fourth-order valence-corrected chi connectivity index (χ4v) is 3.04. The van der Waals surface area contributed by atoms with Crippen molar-refractivity contribution < 1.29 is 9.53 Å². The summed E-state index contributed by atoms with van der Waals surface area (Å²) in [5, 5.41) is 5.10. The lowest BCUT2D eigenvalue weighted by Crippen LogP contribution is -2.37. The van der Waals surface area contributed by atoms with Crippen molar-refractivity contribution >= 4 is 28.2 Å². The van der Waals surface area contributed by atoms with Gasteiger partial charge in [-0.25, -0.2) is 4.98 Å². The summed E-state index contributed by atoms with van der Waals surface area (Å²) in [6, 6.07) is 19.4. The van der Waals surface area contributed by atoms with Gasteiger partial charge in [-0.05, 0) is 23.6 Å². The van der Waals surface area contributed by atoms with Crippen LogP contribution in [0.4, 0.5) is 11.5 Å². The van der Waals surface area contributed by atoms with Crippen molar-refractivity contribution in [2.24, 2.45) is 0 Å². The summed E-state index contributed by atoms with van der Waals surface area (Å²) in [4.78, 5) is 19.3. The van der Waals surface area contributed by atoms with E-state index >= 15 is 0 Å². The van der Waals surface area contributed by atoms with Gasteiger partial charge in [0.25, 0.3) is 5.91 Å². The van der Waals surface area contributed by atoms with Crippen LogP contribution in [0.2, 0.25) is 0 Å². The Kier molecular flexibility index (Phi) is 4.31. The predicted octanol–water partition coefficient (Wildman–Crippen LogP) is 3.32. The summed E-state index contributed by atoms with van der Waals surface area (Å²) < 4.78 is 5.37. The molecule has 0 radical (unpaired) electrons. The number of ether oxygens (including phenoxy) is 1. The molecule has 2 heterocycles. The molecular formula is C20H19N3O2. The van der Waals surface area contributed by atoms with E-state index in [-0.39, 0.29) is 5.91 Å². The zero-order valence-electron chi connectivity index (χ0n) is 13.8. The number of benzene rings is 2. The Morgan fingerprint density at radius 2 is 1.72 bits per heavy atom. The summed E-state index contributed by atoms with van der Waals surface area (Å²) in [7, 11) is 0. The van der Waals surface area contributed by atoms with Gasteiger partial charge >= 0.3 is 0 Å².